The van der Waals surface area contributed by atoms with E-state index in [0.717, 1.165) is 17.5 Å². The molecule has 172 valence electrons. The number of benzene rings is 2. The van der Waals surface area contributed by atoms with Crippen molar-refractivity contribution in [2.45, 2.75) is 57.1 Å². The summed E-state index contributed by atoms with van der Waals surface area (Å²) < 4.78 is 10.8. The van der Waals surface area contributed by atoms with Gasteiger partial charge in [0.05, 0.1) is 23.2 Å². The molecule has 1 fully saturated rings. The maximum absolute atomic E-state index is 11.0. The van der Waals surface area contributed by atoms with Crippen molar-refractivity contribution < 1.29 is 35.0 Å². The number of aromatic amines is 1. The van der Waals surface area contributed by atoms with Gasteiger partial charge in [-0.25, -0.2) is 0 Å². The van der Waals surface area contributed by atoms with Crippen LogP contribution in [-0.2, 0) is 17.6 Å². The zero-order valence-corrected chi connectivity index (χ0v) is 17.9. The molecule has 9 nitrogen and oxygen atoms in total. The molecular formula is C23H28N2O7. The van der Waals surface area contributed by atoms with Gasteiger partial charge in [0, 0.05) is 6.42 Å². The van der Waals surface area contributed by atoms with Crippen molar-refractivity contribution in [2.24, 2.45) is 0 Å². The van der Waals surface area contributed by atoms with Crippen molar-refractivity contribution in [3.63, 3.8) is 0 Å². The molecule has 9 heteroatoms. The van der Waals surface area contributed by atoms with E-state index in [1.807, 2.05) is 25.1 Å². The first-order valence-electron chi connectivity index (χ1n) is 10.5. The third kappa shape index (κ3) is 3.99. The quantitative estimate of drug-likeness (QED) is 0.302. The van der Waals surface area contributed by atoms with Gasteiger partial charge in [-0.2, -0.15) is 5.10 Å². The maximum Gasteiger partial charge on any atom is 0.288 e. The van der Waals surface area contributed by atoms with Crippen molar-refractivity contribution in [3.8, 4) is 5.75 Å². The lowest BCUT2D eigenvalue weighted by Crippen LogP contribution is -2.69. The molecule has 2 heterocycles. The average Bonchev–Trinajstić information content (AvgIpc) is 3.18. The van der Waals surface area contributed by atoms with Crippen molar-refractivity contribution in [3.05, 3.63) is 58.8 Å². The minimum atomic E-state index is -2.66. The summed E-state index contributed by atoms with van der Waals surface area (Å²) in [4.78, 5) is 0. The fourth-order valence-electron chi connectivity index (χ4n) is 3.99. The largest absolute Gasteiger partial charge is 0.453 e. The van der Waals surface area contributed by atoms with Gasteiger partial charge >= 0.3 is 0 Å². The van der Waals surface area contributed by atoms with E-state index < -0.39 is 37.0 Å². The molecule has 32 heavy (non-hydrogen) atoms. The van der Waals surface area contributed by atoms with E-state index in [-0.39, 0.29) is 5.75 Å². The lowest BCUT2D eigenvalue weighted by molar-refractivity contribution is -0.385. The Bertz CT molecular complexity index is 1080. The van der Waals surface area contributed by atoms with E-state index in [9.17, 15) is 25.5 Å². The summed E-state index contributed by atoms with van der Waals surface area (Å²) in [7, 11) is 0. The molecule has 3 aromatic rings. The van der Waals surface area contributed by atoms with Crippen molar-refractivity contribution >= 4 is 10.9 Å². The third-order valence-corrected chi connectivity index (χ3v) is 5.89. The SMILES string of the molecule is CCc1ccc(Cc2n[nH]c3cc(C)cc(O[C@]4(O)[C@H](O)O[C@H](CO)[C@@H](O)[C@@H]4O)c23)cc1. The number of hydrogen-bond acceptors (Lipinski definition) is 8. The van der Waals surface area contributed by atoms with Crippen LogP contribution < -0.4 is 4.74 Å². The number of rotatable bonds is 6. The van der Waals surface area contributed by atoms with Gasteiger partial charge in [-0.05, 0) is 42.2 Å². The second-order valence-electron chi connectivity index (χ2n) is 8.20. The fourth-order valence-corrected chi connectivity index (χ4v) is 3.99. The van der Waals surface area contributed by atoms with Crippen LogP contribution in [0.3, 0.4) is 0 Å². The molecule has 0 saturated carbocycles. The lowest BCUT2D eigenvalue weighted by atomic mass is 9.95. The van der Waals surface area contributed by atoms with Gasteiger partial charge in [-0.1, -0.05) is 31.2 Å². The Kier molecular flexibility index (Phi) is 6.22. The minimum Gasteiger partial charge on any atom is -0.453 e. The number of ether oxygens (including phenoxy) is 2. The molecule has 1 aliphatic rings. The molecule has 5 atom stereocenters. The van der Waals surface area contributed by atoms with Gasteiger partial charge in [0.2, 0.25) is 6.29 Å². The Morgan fingerprint density at radius 2 is 1.81 bits per heavy atom. The molecule has 0 radical (unpaired) electrons. The molecule has 0 bridgehead atoms. The topological polar surface area (TPSA) is 148 Å². The Balaban J connectivity index is 1.71. The first-order chi connectivity index (χ1) is 15.3. The highest BCUT2D eigenvalue weighted by Crippen LogP contribution is 2.37. The number of aromatic nitrogens is 2. The highest BCUT2D eigenvalue weighted by molar-refractivity contribution is 5.88. The second kappa shape index (κ2) is 8.78. The highest BCUT2D eigenvalue weighted by atomic mass is 16.7. The van der Waals surface area contributed by atoms with Gasteiger partial charge in [-0.3, -0.25) is 5.10 Å². The Morgan fingerprint density at radius 1 is 1.12 bits per heavy atom. The smallest absolute Gasteiger partial charge is 0.288 e. The first kappa shape index (κ1) is 22.7. The molecule has 6 N–H and O–H groups in total. The zero-order chi connectivity index (χ0) is 23.0. The van der Waals surface area contributed by atoms with Crippen LogP contribution in [0.2, 0.25) is 0 Å². The van der Waals surface area contributed by atoms with Crippen LogP contribution in [0, 0.1) is 6.92 Å². The van der Waals surface area contributed by atoms with Crippen molar-refractivity contribution in [2.75, 3.05) is 6.61 Å². The molecule has 1 aromatic heterocycles. The summed E-state index contributed by atoms with van der Waals surface area (Å²) >= 11 is 0. The van der Waals surface area contributed by atoms with Crippen LogP contribution in [-0.4, -0.2) is 72.7 Å². The number of nitrogens with zero attached hydrogens (tertiary/aromatic N) is 1. The molecule has 1 saturated heterocycles. The second-order valence-corrected chi connectivity index (χ2v) is 8.20. The van der Waals surface area contributed by atoms with E-state index in [0.29, 0.717) is 23.0 Å². The summed E-state index contributed by atoms with van der Waals surface area (Å²) in [5, 5.41) is 59.1. The van der Waals surface area contributed by atoms with E-state index >= 15 is 0 Å². The van der Waals surface area contributed by atoms with Gasteiger partial charge in [-0.15, -0.1) is 0 Å². The molecular weight excluding hydrogens is 416 g/mol. The van der Waals surface area contributed by atoms with Gasteiger partial charge in [0.15, 0.2) is 6.10 Å². The number of hydrogen-bond donors (Lipinski definition) is 6. The molecule has 1 aliphatic heterocycles. The number of nitrogens with one attached hydrogen (secondary N) is 1. The van der Waals surface area contributed by atoms with Crippen LogP contribution in [0.5, 0.6) is 5.75 Å². The standard InChI is InChI=1S/C23H28N2O7/c1-3-13-4-6-14(7-5-13)10-16-19-15(24-25-16)8-12(2)9-17(19)32-23(30)21(28)20(27)18(11-26)31-22(23)29/h4-9,18,20-22,26-30H,3,10-11H2,1-2H3,(H,24,25)/t18-,20-,21+,22-,23+/m1/s1. The molecule has 4 rings (SSSR count). The van der Waals surface area contributed by atoms with E-state index in [1.54, 1.807) is 6.07 Å². The normalized spacial score (nSPS) is 28.2. The predicted molar refractivity (Wildman–Crippen MR) is 115 cm³/mol. The molecule has 0 spiro atoms. The number of fused-ring (bicyclic) bond motifs is 1. The summed E-state index contributed by atoms with van der Waals surface area (Å²) in [5.41, 5.74) is 4.34. The van der Waals surface area contributed by atoms with Crippen LogP contribution in [0.15, 0.2) is 36.4 Å². The Hall–Kier alpha value is -2.53. The molecule has 0 unspecified atom stereocenters. The zero-order valence-electron chi connectivity index (χ0n) is 17.9. The highest BCUT2D eigenvalue weighted by Gasteiger charge is 2.57. The number of aryl methyl sites for hydroxylation is 2. The number of H-pyrrole nitrogens is 1. The van der Waals surface area contributed by atoms with Crippen molar-refractivity contribution in [1.29, 1.82) is 0 Å². The van der Waals surface area contributed by atoms with Crippen LogP contribution in [0.1, 0.15) is 29.3 Å². The fraction of sp³-hybridized carbons (Fsp3) is 0.435. The van der Waals surface area contributed by atoms with Gasteiger partial charge in [0.1, 0.15) is 18.0 Å². The van der Waals surface area contributed by atoms with E-state index in [1.165, 1.54) is 5.56 Å². The van der Waals surface area contributed by atoms with Crippen LogP contribution in [0.25, 0.3) is 10.9 Å². The summed E-state index contributed by atoms with van der Waals surface area (Å²) in [6, 6.07) is 11.7. The van der Waals surface area contributed by atoms with E-state index in [4.69, 9.17) is 9.47 Å². The lowest BCUT2D eigenvalue weighted by Gasteiger charge is -2.45. The minimum absolute atomic E-state index is 0.160. The molecule has 0 amide bonds. The predicted octanol–water partition coefficient (Wildman–Crippen LogP) is 0.523. The summed E-state index contributed by atoms with van der Waals surface area (Å²) in [6.07, 6.45) is -5.46. The monoisotopic (exact) mass is 444 g/mol. The van der Waals surface area contributed by atoms with E-state index in [2.05, 4.69) is 29.3 Å². The average molecular weight is 444 g/mol. The maximum atomic E-state index is 11.0. The number of aliphatic hydroxyl groups is 5. The Labute approximate surface area is 184 Å². The molecule has 0 aliphatic carbocycles. The summed E-state index contributed by atoms with van der Waals surface area (Å²) in [5.74, 6) is -2.50. The number of aliphatic hydroxyl groups excluding tert-OH is 4. The third-order valence-electron chi connectivity index (χ3n) is 5.89. The summed E-state index contributed by atoms with van der Waals surface area (Å²) in [6.45, 7) is 3.26. The Morgan fingerprint density at radius 3 is 2.47 bits per heavy atom. The molecule has 2 aromatic carbocycles. The first-order valence-corrected chi connectivity index (χ1v) is 10.5. The van der Waals surface area contributed by atoms with Gasteiger partial charge in [0.25, 0.3) is 5.79 Å². The van der Waals surface area contributed by atoms with Crippen LogP contribution >= 0.6 is 0 Å². The van der Waals surface area contributed by atoms with Gasteiger partial charge < -0.3 is 35.0 Å². The van der Waals surface area contributed by atoms with Crippen molar-refractivity contribution in [1.82, 2.24) is 10.2 Å². The van der Waals surface area contributed by atoms with Crippen LogP contribution in [0.4, 0.5) is 0 Å².